The van der Waals surface area contributed by atoms with Gasteiger partial charge in [0.1, 0.15) is 0 Å². The molecule has 11 heavy (non-hydrogen) atoms. The standard InChI is InChI=1S/C8H11F2N/c9-8(10)6-4-2-1-3-5-7-11/h6H,1-5H2. The SMILES string of the molecule is N#CCCCCCC=C(F)F. The number of nitriles is 1. The molecule has 0 unspecified atom stereocenters. The van der Waals surface area contributed by atoms with Crippen LogP contribution in [0.2, 0.25) is 0 Å². The molecule has 0 aromatic rings. The predicted octanol–water partition coefficient (Wildman–Crippen LogP) is 3.24. The first-order valence-corrected chi connectivity index (χ1v) is 3.65. The molecule has 3 heteroatoms. The second-order valence-corrected chi connectivity index (χ2v) is 2.25. The largest absolute Gasteiger partial charge is 0.266 e. The molecule has 0 heterocycles. The summed E-state index contributed by atoms with van der Waals surface area (Å²) in [6.45, 7) is 0. The minimum atomic E-state index is -1.61. The first kappa shape index (κ1) is 10.1. The van der Waals surface area contributed by atoms with Crippen molar-refractivity contribution in [1.29, 1.82) is 5.26 Å². The minimum absolute atomic E-state index is 0.424. The molecule has 0 rings (SSSR count). The molecule has 0 saturated heterocycles. The summed E-state index contributed by atoms with van der Waals surface area (Å²) in [7, 11) is 0. The van der Waals surface area contributed by atoms with E-state index in [4.69, 9.17) is 5.26 Å². The molecule has 0 aliphatic carbocycles. The third kappa shape index (κ3) is 9.09. The zero-order chi connectivity index (χ0) is 8.53. The molecule has 0 atom stereocenters. The maximum absolute atomic E-state index is 11.4. The van der Waals surface area contributed by atoms with E-state index in [1.807, 2.05) is 6.07 Å². The summed E-state index contributed by atoms with van der Waals surface area (Å²) in [6, 6.07) is 2.00. The topological polar surface area (TPSA) is 23.8 Å². The Hall–Kier alpha value is -0.910. The zero-order valence-electron chi connectivity index (χ0n) is 6.32. The third-order valence-electron chi connectivity index (χ3n) is 1.29. The lowest BCUT2D eigenvalue weighted by molar-refractivity contribution is 0.416. The molecule has 0 bridgehead atoms. The van der Waals surface area contributed by atoms with E-state index in [9.17, 15) is 8.78 Å². The Labute approximate surface area is 65.3 Å². The summed E-state index contributed by atoms with van der Waals surface area (Å²) in [5.41, 5.74) is 0. The van der Waals surface area contributed by atoms with Crippen LogP contribution < -0.4 is 0 Å². The number of unbranched alkanes of at least 4 members (excludes halogenated alkanes) is 4. The van der Waals surface area contributed by atoms with Crippen LogP contribution in [0.25, 0.3) is 0 Å². The van der Waals surface area contributed by atoms with Gasteiger partial charge < -0.3 is 0 Å². The fraction of sp³-hybridized carbons (Fsp3) is 0.625. The summed E-state index contributed by atoms with van der Waals surface area (Å²) in [5, 5.41) is 8.13. The van der Waals surface area contributed by atoms with Gasteiger partial charge in [-0.3, -0.25) is 0 Å². The Balaban J connectivity index is 3.04. The number of hydrogen-bond donors (Lipinski definition) is 0. The van der Waals surface area contributed by atoms with Gasteiger partial charge in [0.05, 0.1) is 6.07 Å². The van der Waals surface area contributed by atoms with E-state index in [1.54, 1.807) is 0 Å². The van der Waals surface area contributed by atoms with Crippen molar-refractivity contribution in [2.75, 3.05) is 0 Å². The average molecular weight is 159 g/mol. The van der Waals surface area contributed by atoms with Crippen LogP contribution in [0.1, 0.15) is 32.1 Å². The first-order chi connectivity index (χ1) is 5.27. The van der Waals surface area contributed by atoms with Crippen LogP contribution in [0.3, 0.4) is 0 Å². The fourth-order valence-corrected chi connectivity index (χ4v) is 0.736. The second kappa shape index (κ2) is 7.20. The Kier molecular flexibility index (Phi) is 6.60. The van der Waals surface area contributed by atoms with E-state index in [2.05, 4.69) is 0 Å². The molecule has 0 amide bonds. The van der Waals surface area contributed by atoms with E-state index in [1.165, 1.54) is 0 Å². The van der Waals surface area contributed by atoms with Gasteiger partial charge >= 0.3 is 0 Å². The number of nitrogens with zero attached hydrogens (tertiary/aromatic N) is 1. The van der Waals surface area contributed by atoms with Gasteiger partial charge in [0, 0.05) is 6.42 Å². The monoisotopic (exact) mass is 159 g/mol. The lowest BCUT2D eigenvalue weighted by Crippen LogP contribution is -1.74. The Morgan fingerprint density at radius 3 is 2.55 bits per heavy atom. The molecule has 0 aromatic heterocycles. The van der Waals surface area contributed by atoms with Gasteiger partial charge in [-0.2, -0.15) is 14.0 Å². The molecule has 0 aliphatic heterocycles. The van der Waals surface area contributed by atoms with E-state index < -0.39 is 6.08 Å². The lowest BCUT2D eigenvalue weighted by Gasteiger charge is -1.91. The van der Waals surface area contributed by atoms with Crippen molar-refractivity contribution in [3.63, 3.8) is 0 Å². The van der Waals surface area contributed by atoms with E-state index >= 15 is 0 Å². The van der Waals surface area contributed by atoms with E-state index in [0.717, 1.165) is 25.3 Å². The van der Waals surface area contributed by atoms with E-state index in [0.29, 0.717) is 12.8 Å². The first-order valence-electron chi connectivity index (χ1n) is 3.65. The fourth-order valence-electron chi connectivity index (χ4n) is 0.736. The maximum atomic E-state index is 11.4. The smallest absolute Gasteiger partial charge is 0.198 e. The van der Waals surface area contributed by atoms with Crippen molar-refractivity contribution >= 4 is 0 Å². The highest BCUT2D eigenvalue weighted by atomic mass is 19.3. The van der Waals surface area contributed by atoms with Crippen LogP contribution in [0.5, 0.6) is 0 Å². The lowest BCUT2D eigenvalue weighted by atomic mass is 10.1. The molecule has 1 nitrogen and oxygen atoms in total. The Morgan fingerprint density at radius 1 is 1.27 bits per heavy atom. The predicted molar refractivity (Wildman–Crippen MR) is 39.0 cm³/mol. The van der Waals surface area contributed by atoms with Gasteiger partial charge in [-0.05, 0) is 25.3 Å². The van der Waals surface area contributed by atoms with Crippen LogP contribution in [0, 0.1) is 11.3 Å². The molecule has 0 N–H and O–H groups in total. The van der Waals surface area contributed by atoms with Gasteiger partial charge in [0.25, 0.3) is 6.08 Å². The number of allylic oxidation sites excluding steroid dienone is 1. The van der Waals surface area contributed by atoms with Crippen molar-refractivity contribution in [2.45, 2.75) is 32.1 Å². The molecule has 62 valence electrons. The van der Waals surface area contributed by atoms with Crippen molar-refractivity contribution < 1.29 is 8.78 Å². The molecule has 0 aromatic carbocycles. The molecular weight excluding hydrogens is 148 g/mol. The molecule has 0 fully saturated rings. The summed E-state index contributed by atoms with van der Waals surface area (Å²) in [5.74, 6) is 0. The minimum Gasteiger partial charge on any atom is -0.198 e. The van der Waals surface area contributed by atoms with Gasteiger partial charge in [0.15, 0.2) is 0 Å². The molecule has 0 spiro atoms. The zero-order valence-corrected chi connectivity index (χ0v) is 6.32. The Bertz CT molecular complexity index is 154. The summed E-state index contributed by atoms with van der Waals surface area (Å²) < 4.78 is 22.8. The summed E-state index contributed by atoms with van der Waals surface area (Å²) in [6.07, 6.45) is 2.70. The van der Waals surface area contributed by atoms with Crippen LogP contribution in [0.4, 0.5) is 8.78 Å². The van der Waals surface area contributed by atoms with Crippen LogP contribution in [-0.2, 0) is 0 Å². The van der Waals surface area contributed by atoms with Gasteiger partial charge in [-0.15, -0.1) is 0 Å². The van der Waals surface area contributed by atoms with Crippen LogP contribution in [-0.4, -0.2) is 0 Å². The average Bonchev–Trinajstić information content (AvgIpc) is 1.96. The quantitative estimate of drug-likeness (QED) is 0.565. The van der Waals surface area contributed by atoms with Gasteiger partial charge in [-0.1, -0.05) is 6.42 Å². The molecule has 0 saturated carbocycles. The number of halogens is 2. The maximum Gasteiger partial charge on any atom is 0.266 e. The normalized spacial score (nSPS) is 8.82. The van der Waals surface area contributed by atoms with Crippen LogP contribution in [0.15, 0.2) is 12.2 Å². The highest BCUT2D eigenvalue weighted by Crippen LogP contribution is 2.06. The number of hydrogen-bond acceptors (Lipinski definition) is 1. The highest BCUT2D eigenvalue weighted by Gasteiger charge is 1.89. The van der Waals surface area contributed by atoms with Gasteiger partial charge in [0.2, 0.25) is 0 Å². The third-order valence-corrected chi connectivity index (χ3v) is 1.29. The van der Waals surface area contributed by atoms with Crippen molar-refractivity contribution in [2.24, 2.45) is 0 Å². The molecule has 0 radical (unpaired) electrons. The summed E-state index contributed by atoms with van der Waals surface area (Å²) in [4.78, 5) is 0. The Morgan fingerprint density at radius 2 is 2.00 bits per heavy atom. The van der Waals surface area contributed by atoms with Crippen LogP contribution >= 0.6 is 0 Å². The van der Waals surface area contributed by atoms with Crippen molar-refractivity contribution in [1.82, 2.24) is 0 Å². The van der Waals surface area contributed by atoms with Crippen molar-refractivity contribution in [3.05, 3.63) is 12.2 Å². The summed E-state index contributed by atoms with van der Waals surface area (Å²) >= 11 is 0. The molecule has 0 aliphatic rings. The molecular formula is C8H11F2N. The second-order valence-electron chi connectivity index (χ2n) is 2.25. The van der Waals surface area contributed by atoms with Crippen molar-refractivity contribution in [3.8, 4) is 6.07 Å². The van der Waals surface area contributed by atoms with E-state index in [-0.39, 0.29) is 0 Å². The number of rotatable bonds is 5. The van der Waals surface area contributed by atoms with Gasteiger partial charge in [-0.25, -0.2) is 0 Å². The highest BCUT2D eigenvalue weighted by molar-refractivity contribution is 4.79.